The van der Waals surface area contributed by atoms with E-state index in [4.69, 9.17) is 5.14 Å². The van der Waals surface area contributed by atoms with Gasteiger partial charge in [0, 0.05) is 32.2 Å². The first kappa shape index (κ1) is 20.6. The van der Waals surface area contributed by atoms with E-state index in [0.717, 1.165) is 18.4 Å². The van der Waals surface area contributed by atoms with Gasteiger partial charge in [-0.1, -0.05) is 31.4 Å². The van der Waals surface area contributed by atoms with Gasteiger partial charge in [-0.25, -0.2) is 18.4 Å². The Kier molecular flexibility index (Phi) is 6.56. The van der Waals surface area contributed by atoms with E-state index in [1.54, 1.807) is 21.9 Å². The summed E-state index contributed by atoms with van der Waals surface area (Å²) in [6, 6.07) is 6.27. The average molecular weight is 409 g/mol. The van der Waals surface area contributed by atoms with E-state index in [1.807, 2.05) is 0 Å². The molecule has 3 N–H and O–H groups in total. The van der Waals surface area contributed by atoms with Crippen LogP contribution in [-0.4, -0.2) is 62.4 Å². The van der Waals surface area contributed by atoms with Crippen molar-refractivity contribution in [2.24, 2.45) is 5.14 Å². The summed E-state index contributed by atoms with van der Waals surface area (Å²) < 4.78 is 22.6. The maximum atomic E-state index is 12.5. The molecule has 1 aliphatic heterocycles. The fraction of sp³-hybridized carbons (Fsp3) is 0.579. The van der Waals surface area contributed by atoms with Crippen LogP contribution in [0.3, 0.4) is 0 Å². The molecule has 1 saturated heterocycles. The largest absolute Gasteiger partial charge is 0.339 e. The van der Waals surface area contributed by atoms with Crippen LogP contribution in [0.15, 0.2) is 29.2 Å². The van der Waals surface area contributed by atoms with Crippen LogP contribution in [0.5, 0.6) is 0 Å². The highest BCUT2D eigenvalue weighted by atomic mass is 32.2. The first-order valence-corrected chi connectivity index (χ1v) is 11.3. The molecular weight excluding hydrogens is 380 g/mol. The highest BCUT2D eigenvalue weighted by Crippen LogP contribution is 2.18. The van der Waals surface area contributed by atoms with E-state index in [-0.39, 0.29) is 29.3 Å². The standard InChI is InChI=1S/C19H28N4O4S/c20-28(26,27)17-8-6-15(7-9-17)14-18(24)22-10-12-23(13-11-22)19(25)21-16-4-2-1-3-5-16/h6-9,16H,1-5,10-14H2,(H,21,25)(H2,20,26,27). The van der Waals surface area contributed by atoms with Crippen molar-refractivity contribution in [3.8, 4) is 0 Å². The van der Waals surface area contributed by atoms with Crippen molar-refractivity contribution in [3.05, 3.63) is 29.8 Å². The Morgan fingerprint density at radius 1 is 0.964 bits per heavy atom. The van der Waals surface area contributed by atoms with Crippen LogP contribution in [0.2, 0.25) is 0 Å². The van der Waals surface area contributed by atoms with Gasteiger partial charge in [0.1, 0.15) is 0 Å². The number of sulfonamides is 1. The molecule has 0 spiro atoms. The maximum Gasteiger partial charge on any atom is 0.317 e. The fourth-order valence-electron chi connectivity index (χ4n) is 3.76. The number of benzene rings is 1. The first-order valence-electron chi connectivity index (χ1n) is 9.78. The molecule has 8 nitrogen and oxygen atoms in total. The second-order valence-electron chi connectivity index (χ2n) is 7.52. The van der Waals surface area contributed by atoms with Crippen LogP contribution in [-0.2, 0) is 21.2 Å². The van der Waals surface area contributed by atoms with Crippen LogP contribution in [0.1, 0.15) is 37.7 Å². The van der Waals surface area contributed by atoms with Crippen LogP contribution in [0.4, 0.5) is 4.79 Å². The number of amides is 3. The van der Waals surface area contributed by atoms with E-state index >= 15 is 0 Å². The zero-order valence-corrected chi connectivity index (χ0v) is 16.8. The Bertz CT molecular complexity index is 796. The van der Waals surface area contributed by atoms with Crippen molar-refractivity contribution in [1.82, 2.24) is 15.1 Å². The van der Waals surface area contributed by atoms with Gasteiger partial charge in [-0.2, -0.15) is 0 Å². The minimum atomic E-state index is -3.73. The monoisotopic (exact) mass is 408 g/mol. The van der Waals surface area contributed by atoms with Crippen molar-refractivity contribution in [3.63, 3.8) is 0 Å². The summed E-state index contributed by atoms with van der Waals surface area (Å²) in [6.45, 7) is 2.06. The SMILES string of the molecule is NS(=O)(=O)c1ccc(CC(=O)N2CCN(C(=O)NC3CCCCC3)CC2)cc1. The Morgan fingerprint density at radius 2 is 1.54 bits per heavy atom. The van der Waals surface area contributed by atoms with Crippen molar-refractivity contribution in [2.45, 2.75) is 49.5 Å². The van der Waals surface area contributed by atoms with E-state index in [0.29, 0.717) is 26.2 Å². The molecule has 28 heavy (non-hydrogen) atoms. The Morgan fingerprint density at radius 3 is 2.11 bits per heavy atom. The summed E-state index contributed by atoms with van der Waals surface area (Å²) in [4.78, 5) is 28.5. The van der Waals surface area contributed by atoms with Gasteiger partial charge in [-0.05, 0) is 30.5 Å². The third kappa shape index (κ3) is 5.45. The van der Waals surface area contributed by atoms with Gasteiger partial charge in [0.25, 0.3) is 0 Å². The predicted molar refractivity (Wildman–Crippen MR) is 105 cm³/mol. The van der Waals surface area contributed by atoms with Gasteiger partial charge < -0.3 is 15.1 Å². The number of rotatable bonds is 4. The summed E-state index contributed by atoms with van der Waals surface area (Å²) >= 11 is 0. The van der Waals surface area contributed by atoms with E-state index in [9.17, 15) is 18.0 Å². The number of piperazine rings is 1. The lowest BCUT2D eigenvalue weighted by Gasteiger charge is -2.36. The highest BCUT2D eigenvalue weighted by molar-refractivity contribution is 7.89. The molecule has 0 unspecified atom stereocenters. The van der Waals surface area contributed by atoms with Gasteiger partial charge in [0.05, 0.1) is 11.3 Å². The van der Waals surface area contributed by atoms with Crippen LogP contribution >= 0.6 is 0 Å². The first-order chi connectivity index (χ1) is 13.3. The molecule has 3 rings (SSSR count). The van der Waals surface area contributed by atoms with Gasteiger partial charge in [0.2, 0.25) is 15.9 Å². The number of carbonyl (C=O) groups excluding carboxylic acids is 2. The molecule has 1 aromatic rings. The van der Waals surface area contributed by atoms with Gasteiger partial charge in [-0.3, -0.25) is 4.79 Å². The smallest absolute Gasteiger partial charge is 0.317 e. The van der Waals surface area contributed by atoms with E-state index < -0.39 is 10.0 Å². The quantitative estimate of drug-likeness (QED) is 0.776. The summed E-state index contributed by atoms with van der Waals surface area (Å²) in [5.74, 6) is -0.0318. The number of hydrogen-bond donors (Lipinski definition) is 2. The third-order valence-electron chi connectivity index (χ3n) is 5.46. The second kappa shape index (κ2) is 8.91. The number of urea groups is 1. The highest BCUT2D eigenvalue weighted by Gasteiger charge is 2.26. The minimum Gasteiger partial charge on any atom is -0.339 e. The molecule has 154 valence electrons. The number of nitrogens with zero attached hydrogens (tertiary/aromatic N) is 2. The summed E-state index contributed by atoms with van der Waals surface area (Å²) in [5, 5.41) is 8.20. The van der Waals surface area contributed by atoms with Crippen LogP contribution in [0, 0.1) is 0 Å². The number of carbonyl (C=O) groups is 2. The molecule has 0 aromatic heterocycles. The van der Waals surface area contributed by atoms with Crippen LogP contribution in [0.25, 0.3) is 0 Å². The zero-order chi connectivity index (χ0) is 20.1. The number of hydrogen-bond acceptors (Lipinski definition) is 4. The van der Waals surface area contributed by atoms with Crippen LogP contribution < -0.4 is 10.5 Å². The second-order valence-corrected chi connectivity index (χ2v) is 9.08. The van der Waals surface area contributed by atoms with Crippen molar-refractivity contribution in [2.75, 3.05) is 26.2 Å². The molecule has 1 saturated carbocycles. The number of nitrogens with two attached hydrogens (primary N) is 1. The summed E-state index contributed by atoms with van der Waals surface area (Å²) in [6.07, 6.45) is 5.89. The van der Waals surface area contributed by atoms with Gasteiger partial charge in [-0.15, -0.1) is 0 Å². The Balaban J connectivity index is 1.46. The Labute approximate surface area is 166 Å². The van der Waals surface area contributed by atoms with Crippen molar-refractivity contribution >= 4 is 22.0 Å². The molecule has 0 atom stereocenters. The molecule has 1 aromatic carbocycles. The molecule has 2 aliphatic rings. The van der Waals surface area contributed by atoms with E-state index in [2.05, 4.69) is 5.32 Å². The topological polar surface area (TPSA) is 113 Å². The maximum absolute atomic E-state index is 12.5. The molecule has 0 bridgehead atoms. The number of primary sulfonamides is 1. The van der Waals surface area contributed by atoms with Gasteiger partial charge in [0.15, 0.2) is 0 Å². The fourth-order valence-corrected chi connectivity index (χ4v) is 4.27. The third-order valence-corrected chi connectivity index (χ3v) is 6.39. The van der Waals surface area contributed by atoms with E-state index in [1.165, 1.54) is 31.4 Å². The lowest BCUT2D eigenvalue weighted by molar-refractivity contribution is -0.131. The molecule has 0 radical (unpaired) electrons. The lowest BCUT2D eigenvalue weighted by atomic mass is 9.96. The lowest BCUT2D eigenvalue weighted by Crippen LogP contribution is -2.54. The minimum absolute atomic E-state index is 0.0290. The average Bonchev–Trinajstić information content (AvgIpc) is 2.68. The number of nitrogens with one attached hydrogen (secondary N) is 1. The molecule has 2 fully saturated rings. The molecule has 9 heteroatoms. The molecule has 1 heterocycles. The normalized spacial score (nSPS) is 18.8. The predicted octanol–water partition coefficient (Wildman–Crippen LogP) is 1.06. The molecule has 3 amide bonds. The van der Waals surface area contributed by atoms with Gasteiger partial charge >= 0.3 is 6.03 Å². The molecular formula is C19H28N4O4S. The Hall–Kier alpha value is -2.13. The van der Waals surface area contributed by atoms with Crippen molar-refractivity contribution < 1.29 is 18.0 Å². The summed E-state index contributed by atoms with van der Waals surface area (Å²) in [7, 11) is -3.73. The molecule has 1 aliphatic carbocycles. The van der Waals surface area contributed by atoms with Crippen molar-refractivity contribution in [1.29, 1.82) is 0 Å². The summed E-state index contributed by atoms with van der Waals surface area (Å²) in [5.41, 5.74) is 0.731. The zero-order valence-electron chi connectivity index (χ0n) is 16.0.